The summed E-state index contributed by atoms with van der Waals surface area (Å²) in [5, 5.41) is 5.10. The number of rotatable bonds is 5. The third kappa shape index (κ3) is 4.45. The van der Waals surface area contributed by atoms with Crippen LogP contribution in [0.3, 0.4) is 0 Å². The Hall–Kier alpha value is -1.77. The summed E-state index contributed by atoms with van der Waals surface area (Å²) in [4.78, 5) is 16.4. The van der Waals surface area contributed by atoms with Crippen molar-refractivity contribution in [2.45, 2.75) is 25.5 Å². The Morgan fingerprint density at radius 2 is 2.20 bits per heavy atom. The molecule has 134 valence electrons. The second-order valence-electron chi connectivity index (χ2n) is 6.21. The summed E-state index contributed by atoms with van der Waals surface area (Å²) in [6.45, 7) is 2.60. The van der Waals surface area contributed by atoms with Crippen LogP contribution < -0.4 is 5.32 Å². The van der Waals surface area contributed by atoms with Gasteiger partial charge in [0, 0.05) is 24.7 Å². The number of benzene rings is 1. The van der Waals surface area contributed by atoms with Gasteiger partial charge in [-0.2, -0.15) is 0 Å². The lowest BCUT2D eigenvalue weighted by atomic mass is 9.99. The summed E-state index contributed by atoms with van der Waals surface area (Å²) >= 11 is 1.35. The van der Waals surface area contributed by atoms with Crippen molar-refractivity contribution >= 4 is 32.4 Å². The molecule has 8 heteroatoms. The minimum atomic E-state index is -3.45. The number of carbonyl (C=O) groups excluding carboxylic acids is 1. The minimum Gasteiger partial charge on any atom is -0.302 e. The van der Waals surface area contributed by atoms with Gasteiger partial charge in [0.25, 0.3) is 0 Å². The molecule has 3 rings (SSSR count). The van der Waals surface area contributed by atoms with Gasteiger partial charge in [0.05, 0.1) is 11.7 Å². The van der Waals surface area contributed by atoms with Crippen molar-refractivity contribution in [2.75, 3.05) is 18.4 Å². The van der Waals surface area contributed by atoms with E-state index in [4.69, 9.17) is 0 Å². The number of carbonyl (C=O) groups is 1. The third-order valence-electron chi connectivity index (χ3n) is 4.41. The number of nitrogens with zero attached hydrogens (tertiary/aromatic N) is 2. The highest BCUT2D eigenvalue weighted by atomic mass is 32.2. The zero-order chi connectivity index (χ0) is 17.9. The van der Waals surface area contributed by atoms with Crippen LogP contribution in [0.2, 0.25) is 0 Å². The average Bonchev–Trinajstić information content (AvgIpc) is 3.10. The van der Waals surface area contributed by atoms with Crippen LogP contribution in [0.1, 0.15) is 24.0 Å². The number of nitrogens with one attached hydrogen (secondary N) is 1. The smallest absolute Gasteiger partial charge is 0.230 e. The van der Waals surface area contributed by atoms with Gasteiger partial charge in [0.15, 0.2) is 5.13 Å². The number of aryl methyl sites for hydroxylation is 1. The lowest BCUT2D eigenvalue weighted by Gasteiger charge is -2.31. The average molecular weight is 380 g/mol. The summed E-state index contributed by atoms with van der Waals surface area (Å²) < 4.78 is 27.0. The number of anilines is 1. The molecule has 1 aromatic heterocycles. The first-order valence-corrected chi connectivity index (χ1v) is 10.7. The standard InChI is InChI=1S/C17H21N3O3S2/c1-13-5-2-3-6-15(13)12-25(22,23)20-9-4-7-14(11-20)16(21)19-17-18-8-10-24-17/h2-3,5-6,8,10,14H,4,7,9,11-12H2,1H3,(H,18,19,21)/t14-/m0/s1. The predicted molar refractivity (Wildman–Crippen MR) is 98.8 cm³/mol. The van der Waals surface area contributed by atoms with Gasteiger partial charge >= 0.3 is 0 Å². The van der Waals surface area contributed by atoms with Crippen molar-refractivity contribution in [1.29, 1.82) is 0 Å². The van der Waals surface area contributed by atoms with E-state index >= 15 is 0 Å². The maximum absolute atomic E-state index is 12.8. The number of amides is 1. The Labute approximate surface area is 151 Å². The van der Waals surface area contributed by atoms with E-state index in [-0.39, 0.29) is 24.1 Å². The van der Waals surface area contributed by atoms with Crippen molar-refractivity contribution in [3.63, 3.8) is 0 Å². The fraction of sp³-hybridized carbons (Fsp3) is 0.412. The largest absolute Gasteiger partial charge is 0.302 e. The topological polar surface area (TPSA) is 79.4 Å². The first-order valence-electron chi connectivity index (χ1n) is 8.18. The molecule has 2 heterocycles. The van der Waals surface area contributed by atoms with Gasteiger partial charge in [0.1, 0.15) is 0 Å². The molecule has 0 aliphatic carbocycles. The molecule has 1 N–H and O–H groups in total. The van der Waals surface area contributed by atoms with Gasteiger partial charge in [-0.15, -0.1) is 11.3 Å². The molecule has 0 saturated carbocycles. The predicted octanol–water partition coefficient (Wildman–Crippen LogP) is 2.63. The monoisotopic (exact) mass is 379 g/mol. The number of aromatic nitrogens is 1. The van der Waals surface area contributed by atoms with Crippen LogP contribution in [-0.4, -0.2) is 36.7 Å². The fourth-order valence-corrected chi connectivity index (χ4v) is 5.21. The van der Waals surface area contributed by atoms with E-state index in [0.29, 0.717) is 24.5 Å². The number of piperidine rings is 1. The summed E-state index contributed by atoms with van der Waals surface area (Å²) in [7, 11) is -3.45. The lowest BCUT2D eigenvalue weighted by Crippen LogP contribution is -2.44. The van der Waals surface area contributed by atoms with Gasteiger partial charge in [-0.1, -0.05) is 24.3 Å². The maximum atomic E-state index is 12.8. The molecule has 25 heavy (non-hydrogen) atoms. The molecule has 1 aliphatic rings. The molecule has 6 nitrogen and oxygen atoms in total. The van der Waals surface area contributed by atoms with E-state index in [1.165, 1.54) is 15.6 Å². The van der Waals surface area contributed by atoms with Crippen LogP contribution in [0.4, 0.5) is 5.13 Å². The molecule has 0 unspecified atom stereocenters. The Bertz CT molecular complexity index is 835. The Morgan fingerprint density at radius 1 is 1.40 bits per heavy atom. The Balaban J connectivity index is 1.67. The first-order chi connectivity index (χ1) is 12.0. The quantitative estimate of drug-likeness (QED) is 0.866. The Kier molecular flexibility index (Phi) is 5.51. The number of sulfonamides is 1. The summed E-state index contributed by atoms with van der Waals surface area (Å²) in [6.07, 6.45) is 3.00. The number of thiazole rings is 1. The summed E-state index contributed by atoms with van der Waals surface area (Å²) in [5.41, 5.74) is 1.76. The molecule has 1 aliphatic heterocycles. The van der Waals surface area contributed by atoms with Gasteiger partial charge in [-0.25, -0.2) is 17.7 Å². The van der Waals surface area contributed by atoms with Crippen molar-refractivity contribution in [3.05, 3.63) is 47.0 Å². The van der Waals surface area contributed by atoms with E-state index in [2.05, 4.69) is 10.3 Å². The van der Waals surface area contributed by atoms with Crippen molar-refractivity contribution in [1.82, 2.24) is 9.29 Å². The molecule has 1 saturated heterocycles. The number of hydrogen-bond donors (Lipinski definition) is 1. The van der Waals surface area contributed by atoms with Crippen molar-refractivity contribution in [2.24, 2.45) is 5.92 Å². The van der Waals surface area contributed by atoms with Gasteiger partial charge in [-0.3, -0.25) is 4.79 Å². The summed E-state index contributed by atoms with van der Waals surface area (Å²) in [6, 6.07) is 7.48. The van der Waals surface area contributed by atoms with Crippen LogP contribution in [0.25, 0.3) is 0 Å². The van der Waals surface area contributed by atoms with Gasteiger partial charge in [0.2, 0.25) is 15.9 Å². The molecule has 1 aromatic carbocycles. The van der Waals surface area contributed by atoms with E-state index in [1.54, 1.807) is 11.6 Å². The highest BCUT2D eigenvalue weighted by Gasteiger charge is 2.32. The van der Waals surface area contributed by atoms with Crippen LogP contribution in [0, 0.1) is 12.8 Å². The SMILES string of the molecule is Cc1ccccc1CS(=O)(=O)N1CCC[C@H](C(=O)Nc2nccs2)C1. The van der Waals surface area contributed by atoms with E-state index < -0.39 is 10.0 Å². The van der Waals surface area contributed by atoms with Crippen LogP contribution in [0.5, 0.6) is 0 Å². The lowest BCUT2D eigenvalue weighted by molar-refractivity contribution is -0.120. The third-order valence-corrected chi connectivity index (χ3v) is 6.89. The zero-order valence-electron chi connectivity index (χ0n) is 14.0. The Morgan fingerprint density at radius 3 is 2.92 bits per heavy atom. The molecular formula is C17H21N3O3S2. The normalized spacial score (nSPS) is 18.8. The fourth-order valence-electron chi connectivity index (χ4n) is 2.96. The second kappa shape index (κ2) is 7.63. The zero-order valence-corrected chi connectivity index (χ0v) is 15.6. The minimum absolute atomic E-state index is 0.0273. The van der Waals surface area contributed by atoms with E-state index in [0.717, 1.165) is 11.1 Å². The molecule has 0 spiro atoms. The van der Waals surface area contributed by atoms with Crippen LogP contribution in [-0.2, 0) is 20.6 Å². The van der Waals surface area contributed by atoms with E-state index in [9.17, 15) is 13.2 Å². The molecule has 0 bridgehead atoms. The molecule has 1 fully saturated rings. The van der Waals surface area contributed by atoms with Gasteiger partial charge in [-0.05, 0) is 30.9 Å². The number of hydrogen-bond acceptors (Lipinski definition) is 5. The first kappa shape index (κ1) is 18.0. The summed E-state index contributed by atoms with van der Waals surface area (Å²) in [5.74, 6) is -0.532. The van der Waals surface area contributed by atoms with E-state index in [1.807, 2.05) is 31.2 Å². The molecule has 1 amide bonds. The maximum Gasteiger partial charge on any atom is 0.230 e. The van der Waals surface area contributed by atoms with Crippen LogP contribution >= 0.6 is 11.3 Å². The van der Waals surface area contributed by atoms with Crippen LogP contribution in [0.15, 0.2) is 35.8 Å². The molecule has 2 aromatic rings. The molecule has 0 radical (unpaired) electrons. The molecule has 1 atom stereocenters. The highest BCUT2D eigenvalue weighted by molar-refractivity contribution is 7.88. The van der Waals surface area contributed by atoms with Crippen molar-refractivity contribution < 1.29 is 13.2 Å². The van der Waals surface area contributed by atoms with Gasteiger partial charge < -0.3 is 5.32 Å². The molecular weight excluding hydrogens is 358 g/mol. The second-order valence-corrected chi connectivity index (χ2v) is 9.07. The van der Waals surface area contributed by atoms with Crippen molar-refractivity contribution in [3.8, 4) is 0 Å². The highest BCUT2D eigenvalue weighted by Crippen LogP contribution is 2.24.